The first-order valence-corrected chi connectivity index (χ1v) is 8.54. The van der Waals surface area contributed by atoms with Crippen LogP contribution in [0.4, 0.5) is 0 Å². The van der Waals surface area contributed by atoms with Gasteiger partial charge in [0.1, 0.15) is 11.5 Å². The monoisotopic (exact) mass is 371 g/mol. The van der Waals surface area contributed by atoms with Gasteiger partial charge >= 0.3 is 5.97 Å². The fourth-order valence-electron chi connectivity index (χ4n) is 3.21. The normalized spacial score (nSPS) is 12.8. The predicted octanol–water partition coefficient (Wildman–Crippen LogP) is 3.44. The summed E-state index contributed by atoms with van der Waals surface area (Å²) in [6.07, 6.45) is -0.264. The number of aliphatic carboxylic acids is 1. The number of nitrogens with one attached hydrogen (secondary N) is 1. The molecule has 0 heterocycles. The van der Waals surface area contributed by atoms with E-state index in [2.05, 4.69) is 5.32 Å². The number of carbonyl (C=O) groups excluding carboxylic acids is 1. The molecule has 2 rings (SSSR count). The van der Waals surface area contributed by atoms with Crippen LogP contribution in [0.2, 0.25) is 0 Å². The molecule has 0 aliphatic carbocycles. The Morgan fingerprint density at radius 2 is 1.70 bits per heavy atom. The number of rotatable bonds is 7. The number of ether oxygens (including phenoxy) is 2. The van der Waals surface area contributed by atoms with Crippen molar-refractivity contribution in [1.82, 2.24) is 5.32 Å². The second-order valence-corrected chi connectivity index (χ2v) is 6.73. The van der Waals surface area contributed by atoms with Gasteiger partial charge in [0.05, 0.1) is 26.2 Å². The van der Waals surface area contributed by atoms with Gasteiger partial charge in [0.15, 0.2) is 0 Å². The molecule has 2 N–H and O–H groups in total. The summed E-state index contributed by atoms with van der Waals surface area (Å²) in [6, 6.07) is 10.5. The van der Waals surface area contributed by atoms with Crippen molar-refractivity contribution in [2.75, 3.05) is 14.2 Å². The Morgan fingerprint density at radius 3 is 2.22 bits per heavy atom. The van der Waals surface area contributed by atoms with Gasteiger partial charge in [-0.15, -0.1) is 0 Å². The number of amides is 1. The average Bonchev–Trinajstić information content (AvgIpc) is 2.60. The van der Waals surface area contributed by atoms with Crippen LogP contribution in [0.3, 0.4) is 0 Å². The zero-order valence-electron chi connectivity index (χ0n) is 16.3. The van der Waals surface area contributed by atoms with Crippen LogP contribution in [0.1, 0.15) is 40.4 Å². The van der Waals surface area contributed by atoms with Crippen LogP contribution in [0, 0.1) is 13.8 Å². The summed E-state index contributed by atoms with van der Waals surface area (Å²) in [5.41, 5.74) is 1.68. The quantitative estimate of drug-likeness (QED) is 0.779. The largest absolute Gasteiger partial charge is 0.497 e. The molecule has 0 aromatic heterocycles. The van der Waals surface area contributed by atoms with Crippen LogP contribution in [-0.2, 0) is 10.3 Å². The maximum atomic E-state index is 12.9. The Kier molecular flexibility index (Phi) is 6.10. The zero-order valence-corrected chi connectivity index (χ0v) is 16.3. The van der Waals surface area contributed by atoms with Crippen molar-refractivity contribution < 1.29 is 24.2 Å². The summed E-state index contributed by atoms with van der Waals surface area (Å²) in [6.45, 7) is 5.42. The van der Waals surface area contributed by atoms with E-state index in [1.807, 2.05) is 13.8 Å². The highest BCUT2D eigenvalue weighted by Crippen LogP contribution is 2.29. The first-order valence-electron chi connectivity index (χ1n) is 8.54. The summed E-state index contributed by atoms with van der Waals surface area (Å²) < 4.78 is 10.6. The minimum Gasteiger partial charge on any atom is -0.497 e. The minimum absolute atomic E-state index is 0.264. The highest BCUT2D eigenvalue weighted by atomic mass is 16.5. The molecule has 144 valence electrons. The van der Waals surface area contributed by atoms with E-state index < -0.39 is 11.5 Å². The highest BCUT2D eigenvalue weighted by molar-refractivity contribution is 5.95. The van der Waals surface area contributed by atoms with Gasteiger partial charge in [-0.2, -0.15) is 0 Å². The van der Waals surface area contributed by atoms with Crippen molar-refractivity contribution in [2.45, 2.75) is 32.7 Å². The van der Waals surface area contributed by atoms with Crippen molar-refractivity contribution >= 4 is 11.9 Å². The van der Waals surface area contributed by atoms with Gasteiger partial charge in [-0.1, -0.05) is 12.1 Å². The van der Waals surface area contributed by atoms with Gasteiger partial charge in [0.25, 0.3) is 5.91 Å². The van der Waals surface area contributed by atoms with Crippen molar-refractivity contribution in [1.29, 1.82) is 0 Å². The SMILES string of the molecule is COc1cccc(C(C)(CC(=O)O)NC(=O)c2cc(C)c(OC)c(C)c2)c1. The van der Waals surface area contributed by atoms with Gasteiger partial charge in [-0.25, -0.2) is 0 Å². The number of benzene rings is 2. The Balaban J connectivity index is 2.41. The van der Waals surface area contributed by atoms with Crippen molar-refractivity contribution in [3.63, 3.8) is 0 Å². The lowest BCUT2D eigenvalue weighted by atomic mass is 9.87. The fourth-order valence-corrected chi connectivity index (χ4v) is 3.21. The van der Waals surface area contributed by atoms with Crippen LogP contribution in [0.15, 0.2) is 36.4 Å². The molecule has 2 aromatic rings. The van der Waals surface area contributed by atoms with Gasteiger partial charge in [-0.3, -0.25) is 9.59 Å². The molecule has 0 spiro atoms. The molecule has 0 saturated carbocycles. The average molecular weight is 371 g/mol. The third kappa shape index (κ3) is 4.58. The Morgan fingerprint density at radius 1 is 1.07 bits per heavy atom. The predicted molar refractivity (Wildman–Crippen MR) is 103 cm³/mol. The van der Waals surface area contributed by atoms with Gasteiger partial charge in [0, 0.05) is 5.56 Å². The zero-order chi connectivity index (χ0) is 20.2. The van der Waals surface area contributed by atoms with Crippen molar-refractivity contribution in [2.24, 2.45) is 0 Å². The van der Waals surface area contributed by atoms with E-state index in [0.29, 0.717) is 16.9 Å². The summed E-state index contributed by atoms with van der Waals surface area (Å²) in [7, 11) is 3.12. The fraction of sp³-hybridized carbons (Fsp3) is 0.333. The lowest BCUT2D eigenvalue weighted by Crippen LogP contribution is -2.45. The molecule has 2 aromatic carbocycles. The van der Waals surface area contributed by atoms with Crippen LogP contribution in [-0.4, -0.2) is 31.2 Å². The van der Waals surface area contributed by atoms with E-state index in [0.717, 1.165) is 16.9 Å². The number of carboxylic acids is 1. The lowest BCUT2D eigenvalue weighted by molar-refractivity contribution is -0.138. The van der Waals surface area contributed by atoms with Crippen LogP contribution >= 0.6 is 0 Å². The van der Waals surface area contributed by atoms with Gasteiger partial charge in [0.2, 0.25) is 0 Å². The number of hydrogen-bond acceptors (Lipinski definition) is 4. The number of aryl methyl sites for hydroxylation is 2. The second kappa shape index (κ2) is 8.12. The summed E-state index contributed by atoms with van der Waals surface area (Å²) in [5.74, 6) is -0.0414. The molecular formula is C21H25NO5. The van der Waals surface area contributed by atoms with Gasteiger partial charge < -0.3 is 19.9 Å². The number of carbonyl (C=O) groups is 2. The van der Waals surface area contributed by atoms with Gasteiger partial charge in [-0.05, 0) is 61.7 Å². The number of methoxy groups -OCH3 is 2. The van der Waals surface area contributed by atoms with E-state index >= 15 is 0 Å². The van der Waals surface area contributed by atoms with Crippen LogP contribution in [0.25, 0.3) is 0 Å². The second-order valence-electron chi connectivity index (χ2n) is 6.73. The van der Waals surface area contributed by atoms with Crippen LogP contribution < -0.4 is 14.8 Å². The van der Waals surface area contributed by atoms with E-state index in [-0.39, 0.29) is 12.3 Å². The third-order valence-corrected chi connectivity index (χ3v) is 4.53. The maximum absolute atomic E-state index is 12.9. The first-order chi connectivity index (χ1) is 12.7. The van der Waals surface area contributed by atoms with Crippen molar-refractivity contribution in [3.05, 3.63) is 58.7 Å². The minimum atomic E-state index is -1.10. The maximum Gasteiger partial charge on any atom is 0.306 e. The summed E-state index contributed by atoms with van der Waals surface area (Å²) in [5, 5.41) is 12.3. The summed E-state index contributed by atoms with van der Waals surface area (Å²) in [4.78, 5) is 24.4. The van der Waals surface area contributed by atoms with Crippen LogP contribution in [0.5, 0.6) is 11.5 Å². The molecule has 0 aliphatic heterocycles. The molecule has 0 radical (unpaired) electrons. The molecule has 27 heavy (non-hydrogen) atoms. The van der Waals surface area contributed by atoms with Crippen molar-refractivity contribution in [3.8, 4) is 11.5 Å². The Bertz CT molecular complexity index is 838. The van der Waals surface area contributed by atoms with E-state index in [9.17, 15) is 14.7 Å². The standard InChI is InChI=1S/C21H25NO5/c1-13-9-15(10-14(2)19(13)27-5)20(25)22-21(3,12-18(23)24)16-7-6-8-17(11-16)26-4/h6-11H,12H2,1-5H3,(H,22,25)(H,23,24). The Labute approximate surface area is 159 Å². The van der Waals surface area contributed by atoms with E-state index in [4.69, 9.17) is 9.47 Å². The molecule has 1 amide bonds. The summed E-state index contributed by atoms with van der Waals surface area (Å²) >= 11 is 0. The molecule has 6 nitrogen and oxygen atoms in total. The van der Waals surface area contributed by atoms with E-state index in [1.54, 1.807) is 50.4 Å². The smallest absolute Gasteiger partial charge is 0.306 e. The molecular weight excluding hydrogens is 346 g/mol. The topological polar surface area (TPSA) is 84.9 Å². The molecule has 0 fully saturated rings. The number of carboxylic acid groups (broad SMARTS) is 1. The lowest BCUT2D eigenvalue weighted by Gasteiger charge is -2.30. The molecule has 6 heteroatoms. The third-order valence-electron chi connectivity index (χ3n) is 4.53. The molecule has 0 aliphatic rings. The van der Waals surface area contributed by atoms with E-state index in [1.165, 1.54) is 7.11 Å². The number of hydrogen-bond donors (Lipinski definition) is 2. The Hall–Kier alpha value is -3.02. The first kappa shape index (κ1) is 20.3. The highest BCUT2D eigenvalue weighted by Gasteiger charge is 2.32. The molecule has 0 saturated heterocycles. The molecule has 0 bridgehead atoms. The molecule has 1 unspecified atom stereocenters. The molecule has 1 atom stereocenters.